The number of nitrogens with zero attached hydrogens (tertiary/aromatic N) is 2. The van der Waals surface area contributed by atoms with Crippen molar-refractivity contribution < 1.29 is 14.3 Å². The molecule has 0 aliphatic heterocycles. The van der Waals surface area contributed by atoms with Crippen LogP contribution in [0, 0.1) is 0 Å². The quantitative estimate of drug-likeness (QED) is 0.483. The first-order valence-electron chi connectivity index (χ1n) is 9.76. The largest absolute Gasteiger partial charge is 0.492 e. The number of nitrogens with one attached hydrogen (secondary N) is 1. The fourth-order valence-corrected chi connectivity index (χ4v) is 3.38. The summed E-state index contributed by atoms with van der Waals surface area (Å²) in [6.07, 6.45) is 2.44. The van der Waals surface area contributed by atoms with Gasteiger partial charge in [0.15, 0.2) is 0 Å². The van der Waals surface area contributed by atoms with Crippen molar-refractivity contribution in [2.24, 2.45) is 0 Å². The second-order valence-corrected chi connectivity index (χ2v) is 7.09. The normalized spacial score (nSPS) is 11.0. The van der Waals surface area contributed by atoms with E-state index in [9.17, 15) is 4.79 Å². The van der Waals surface area contributed by atoms with Crippen molar-refractivity contribution in [3.63, 3.8) is 0 Å². The summed E-state index contributed by atoms with van der Waals surface area (Å²) in [4.78, 5) is 16.3. The van der Waals surface area contributed by atoms with Crippen LogP contribution in [0.3, 0.4) is 0 Å². The van der Waals surface area contributed by atoms with E-state index in [0.717, 1.165) is 42.7 Å². The Morgan fingerprint density at radius 1 is 1.14 bits per heavy atom. The van der Waals surface area contributed by atoms with Crippen molar-refractivity contribution in [1.82, 2.24) is 14.9 Å². The molecule has 1 aromatic heterocycles. The van der Waals surface area contributed by atoms with Crippen LogP contribution < -0.4 is 10.1 Å². The summed E-state index contributed by atoms with van der Waals surface area (Å²) in [5, 5.41) is 3.47. The van der Waals surface area contributed by atoms with Crippen LogP contribution in [-0.2, 0) is 22.5 Å². The molecular formula is C22H26ClN3O3. The number of halogens is 1. The molecule has 0 unspecified atom stereocenters. The maximum absolute atomic E-state index is 11.5. The summed E-state index contributed by atoms with van der Waals surface area (Å²) >= 11 is 6.14. The van der Waals surface area contributed by atoms with Gasteiger partial charge < -0.3 is 19.4 Å². The number of amides is 1. The molecule has 1 N–H and O–H groups in total. The highest BCUT2D eigenvalue weighted by molar-refractivity contribution is 6.32. The predicted molar refractivity (Wildman–Crippen MR) is 115 cm³/mol. The molecule has 0 aliphatic rings. The Kier molecular flexibility index (Phi) is 7.90. The molecule has 3 aromatic rings. The highest BCUT2D eigenvalue weighted by Crippen LogP contribution is 2.23. The summed E-state index contributed by atoms with van der Waals surface area (Å²) in [5.74, 6) is 1.62. The number of rotatable bonds is 11. The lowest BCUT2D eigenvalue weighted by atomic mass is 10.2. The van der Waals surface area contributed by atoms with Crippen LogP contribution in [-0.4, -0.2) is 42.3 Å². The van der Waals surface area contributed by atoms with Crippen LogP contribution >= 0.6 is 11.6 Å². The highest BCUT2D eigenvalue weighted by atomic mass is 35.5. The first kappa shape index (κ1) is 21.1. The minimum atomic E-state index is -0.0993. The SMILES string of the molecule is COCC(=O)NCCCc1nc2ccccc2n1CCCOc1ccccc1Cl. The third kappa shape index (κ3) is 5.95. The molecule has 154 valence electrons. The van der Waals surface area contributed by atoms with Crippen LogP contribution in [0.15, 0.2) is 48.5 Å². The molecule has 0 aliphatic carbocycles. The van der Waals surface area contributed by atoms with Crippen molar-refractivity contribution in [3.05, 3.63) is 59.4 Å². The van der Waals surface area contributed by atoms with Crippen LogP contribution in [0.5, 0.6) is 5.75 Å². The van der Waals surface area contributed by atoms with E-state index in [0.29, 0.717) is 23.9 Å². The number of para-hydroxylation sites is 3. The van der Waals surface area contributed by atoms with Crippen molar-refractivity contribution in [2.45, 2.75) is 25.8 Å². The van der Waals surface area contributed by atoms with E-state index in [-0.39, 0.29) is 12.5 Å². The van der Waals surface area contributed by atoms with Crippen molar-refractivity contribution in [2.75, 3.05) is 26.9 Å². The summed E-state index contributed by atoms with van der Waals surface area (Å²) in [7, 11) is 1.51. The molecule has 0 saturated carbocycles. The average molecular weight is 416 g/mol. The maximum Gasteiger partial charge on any atom is 0.245 e. The van der Waals surface area contributed by atoms with E-state index in [2.05, 4.69) is 16.0 Å². The number of hydrogen-bond donors (Lipinski definition) is 1. The minimum Gasteiger partial charge on any atom is -0.492 e. The Labute approximate surface area is 175 Å². The molecule has 0 fully saturated rings. The zero-order valence-electron chi connectivity index (χ0n) is 16.6. The number of fused-ring (bicyclic) bond motifs is 1. The zero-order chi connectivity index (χ0) is 20.5. The van der Waals surface area contributed by atoms with Crippen LogP contribution in [0.25, 0.3) is 11.0 Å². The molecule has 3 rings (SSSR count). The Hall–Kier alpha value is -2.57. The second-order valence-electron chi connectivity index (χ2n) is 6.69. The van der Waals surface area contributed by atoms with E-state index >= 15 is 0 Å². The summed E-state index contributed by atoms with van der Waals surface area (Å²) in [5.41, 5.74) is 2.10. The van der Waals surface area contributed by atoms with Crippen molar-refractivity contribution >= 4 is 28.5 Å². The van der Waals surface area contributed by atoms with Crippen LogP contribution in [0.2, 0.25) is 5.02 Å². The van der Waals surface area contributed by atoms with Gasteiger partial charge in [-0.05, 0) is 37.1 Å². The highest BCUT2D eigenvalue weighted by Gasteiger charge is 2.10. The molecule has 29 heavy (non-hydrogen) atoms. The van der Waals surface area contributed by atoms with E-state index in [1.54, 1.807) is 0 Å². The van der Waals surface area contributed by atoms with Gasteiger partial charge >= 0.3 is 0 Å². The number of benzene rings is 2. The molecule has 0 bridgehead atoms. The van der Waals surface area contributed by atoms with Gasteiger partial charge in [-0.3, -0.25) is 4.79 Å². The molecule has 0 spiro atoms. The van der Waals surface area contributed by atoms with Gasteiger partial charge in [0.05, 0.1) is 22.7 Å². The Morgan fingerprint density at radius 3 is 2.76 bits per heavy atom. The number of ether oxygens (including phenoxy) is 2. The number of aryl methyl sites for hydroxylation is 2. The van der Waals surface area contributed by atoms with Crippen LogP contribution in [0.4, 0.5) is 0 Å². The Balaban J connectivity index is 1.58. The van der Waals surface area contributed by atoms with Crippen molar-refractivity contribution in [1.29, 1.82) is 0 Å². The lowest BCUT2D eigenvalue weighted by Gasteiger charge is -2.11. The van der Waals surface area contributed by atoms with Gasteiger partial charge in [-0.15, -0.1) is 0 Å². The summed E-state index contributed by atoms with van der Waals surface area (Å²) < 4.78 is 12.9. The zero-order valence-corrected chi connectivity index (χ0v) is 17.3. The fraction of sp³-hybridized carbons (Fsp3) is 0.364. The summed E-state index contributed by atoms with van der Waals surface area (Å²) in [6.45, 7) is 2.06. The van der Waals surface area contributed by atoms with E-state index in [1.807, 2.05) is 42.5 Å². The molecule has 0 saturated heterocycles. The topological polar surface area (TPSA) is 65.4 Å². The molecule has 6 nitrogen and oxygen atoms in total. The standard InChI is InChI=1S/C22H26ClN3O3/c1-28-16-22(27)24-13-6-12-21-25-18-9-3-4-10-19(18)26(21)14-7-15-29-20-11-5-2-8-17(20)23/h2-5,8-11H,6-7,12-16H2,1H3,(H,24,27). The summed E-state index contributed by atoms with van der Waals surface area (Å²) in [6, 6.07) is 15.6. The second kappa shape index (κ2) is 10.8. The first-order valence-corrected chi connectivity index (χ1v) is 10.1. The molecular weight excluding hydrogens is 390 g/mol. The van der Waals surface area contributed by atoms with E-state index in [4.69, 9.17) is 26.1 Å². The number of carbonyl (C=O) groups is 1. The predicted octanol–water partition coefficient (Wildman–Crippen LogP) is 3.85. The first-order chi connectivity index (χ1) is 14.2. The maximum atomic E-state index is 11.5. The molecule has 1 amide bonds. The van der Waals surface area contributed by atoms with Crippen molar-refractivity contribution in [3.8, 4) is 5.75 Å². The third-order valence-electron chi connectivity index (χ3n) is 4.53. The van der Waals surface area contributed by atoms with Gasteiger partial charge in [-0.25, -0.2) is 4.98 Å². The lowest BCUT2D eigenvalue weighted by Crippen LogP contribution is -2.28. The van der Waals surface area contributed by atoms with Gasteiger partial charge in [-0.2, -0.15) is 0 Å². The molecule has 2 aromatic carbocycles. The smallest absolute Gasteiger partial charge is 0.245 e. The monoisotopic (exact) mass is 415 g/mol. The Morgan fingerprint density at radius 2 is 1.93 bits per heavy atom. The molecule has 0 atom stereocenters. The molecule has 0 radical (unpaired) electrons. The minimum absolute atomic E-state index is 0.0872. The fourth-order valence-electron chi connectivity index (χ4n) is 3.19. The molecule has 7 heteroatoms. The van der Waals surface area contributed by atoms with Gasteiger partial charge in [0.2, 0.25) is 5.91 Å². The number of methoxy groups -OCH3 is 1. The van der Waals surface area contributed by atoms with Gasteiger partial charge in [-0.1, -0.05) is 35.9 Å². The number of carbonyl (C=O) groups excluding carboxylic acids is 1. The Bertz CT molecular complexity index is 942. The number of aromatic nitrogens is 2. The van der Waals surface area contributed by atoms with E-state index < -0.39 is 0 Å². The third-order valence-corrected chi connectivity index (χ3v) is 4.84. The van der Waals surface area contributed by atoms with Gasteiger partial charge in [0.25, 0.3) is 0 Å². The number of hydrogen-bond acceptors (Lipinski definition) is 4. The number of imidazole rings is 1. The average Bonchev–Trinajstić information content (AvgIpc) is 3.07. The van der Waals surface area contributed by atoms with Gasteiger partial charge in [0.1, 0.15) is 18.2 Å². The van der Waals surface area contributed by atoms with E-state index in [1.165, 1.54) is 7.11 Å². The van der Waals surface area contributed by atoms with Crippen LogP contribution in [0.1, 0.15) is 18.7 Å². The van der Waals surface area contributed by atoms with Gasteiger partial charge in [0, 0.05) is 26.6 Å². The molecule has 1 heterocycles. The lowest BCUT2D eigenvalue weighted by molar-refractivity contribution is -0.124.